The van der Waals surface area contributed by atoms with Gasteiger partial charge < -0.3 is 10.0 Å². The molecule has 2 rings (SSSR count). The molecule has 1 saturated heterocycles. The predicted molar refractivity (Wildman–Crippen MR) is 84.1 cm³/mol. The van der Waals surface area contributed by atoms with Crippen LogP contribution in [0.3, 0.4) is 0 Å². The lowest BCUT2D eigenvalue weighted by atomic mass is 9.72. The summed E-state index contributed by atoms with van der Waals surface area (Å²) >= 11 is 6.25. The summed E-state index contributed by atoms with van der Waals surface area (Å²) in [5, 5.41) is 10.2. The summed E-state index contributed by atoms with van der Waals surface area (Å²) in [5.74, 6) is 0. The maximum atomic E-state index is 11.6. The number of hydrogen-bond acceptors (Lipinski definition) is 3. The predicted octanol–water partition coefficient (Wildman–Crippen LogP) is 3.34. The number of rotatable bonds is 1. The third-order valence-electron chi connectivity index (χ3n) is 4.62. The van der Waals surface area contributed by atoms with Crippen molar-refractivity contribution in [3.63, 3.8) is 0 Å². The van der Waals surface area contributed by atoms with E-state index >= 15 is 0 Å². The second-order valence-corrected chi connectivity index (χ2v) is 7.11. The monoisotopic (exact) mass is 311 g/mol. The van der Waals surface area contributed by atoms with Crippen molar-refractivity contribution in [3.05, 3.63) is 23.5 Å². The highest BCUT2D eigenvalue weighted by atomic mass is 35.5. The molecule has 0 spiro atoms. The largest absolute Gasteiger partial charge is 0.465 e. The van der Waals surface area contributed by atoms with Crippen LogP contribution in [0, 0.1) is 5.41 Å². The smallest absolute Gasteiger partial charge is 0.407 e. The lowest BCUT2D eigenvalue weighted by molar-refractivity contribution is 0.00745. The molecule has 0 saturated carbocycles. The van der Waals surface area contributed by atoms with Gasteiger partial charge in [0, 0.05) is 25.8 Å². The standard InChI is InChI=1S/C15H22ClN3O2/c1-14(2,3)15(4)10-18(7-8-19(15)13(20)21)12-9-17-6-5-11(12)16/h5-6,9H,7-8,10H2,1-4H3,(H,20,21). The van der Waals surface area contributed by atoms with Gasteiger partial charge in [-0.25, -0.2) is 4.79 Å². The number of anilines is 1. The second kappa shape index (κ2) is 5.37. The lowest BCUT2D eigenvalue weighted by Gasteiger charge is -2.54. The highest BCUT2D eigenvalue weighted by Gasteiger charge is 2.48. The Morgan fingerprint density at radius 1 is 1.43 bits per heavy atom. The van der Waals surface area contributed by atoms with Crippen LogP contribution in [0.25, 0.3) is 0 Å². The zero-order valence-electron chi connectivity index (χ0n) is 12.9. The summed E-state index contributed by atoms with van der Waals surface area (Å²) in [6.07, 6.45) is 2.52. The van der Waals surface area contributed by atoms with E-state index in [9.17, 15) is 9.90 Å². The number of amides is 1. The quantitative estimate of drug-likeness (QED) is 0.864. The Hall–Kier alpha value is -1.49. The molecule has 116 valence electrons. The van der Waals surface area contributed by atoms with Gasteiger partial charge in [0.2, 0.25) is 0 Å². The molecule has 5 nitrogen and oxygen atoms in total. The fourth-order valence-corrected chi connectivity index (χ4v) is 2.98. The van der Waals surface area contributed by atoms with Crippen molar-refractivity contribution in [1.29, 1.82) is 0 Å². The van der Waals surface area contributed by atoms with E-state index < -0.39 is 11.6 Å². The number of carboxylic acid groups (broad SMARTS) is 1. The van der Waals surface area contributed by atoms with Crippen molar-refractivity contribution in [2.45, 2.75) is 33.2 Å². The molecule has 1 aromatic heterocycles. The fraction of sp³-hybridized carbons (Fsp3) is 0.600. The highest BCUT2D eigenvalue weighted by Crippen LogP contribution is 2.40. The summed E-state index contributed by atoms with van der Waals surface area (Å²) in [6.45, 7) is 9.86. The summed E-state index contributed by atoms with van der Waals surface area (Å²) in [4.78, 5) is 19.4. The topological polar surface area (TPSA) is 56.7 Å². The van der Waals surface area contributed by atoms with E-state index in [1.807, 2.05) is 6.92 Å². The van der Waals surface area contributed by atoms with E-state index in [1.54, 1.807) is 23.4 Å². The van der Waals surface area contributed by atoms with Crippen LogP contribution in [-0.4, -0.2) is 46.3 Å². The molecule has 2 heterocycles. The van der Waals surface area contributed by atoms with Crippen LogP contribution in [0.1, 0.15) is 27.7 Å². The number of halogens is 1. The average Bonchev–Trinajstić information content (AvgIpc) is 2.37. The Morgan fingerprint density at radius 2 is 2.10 bits per heavy atom. The molecular formula is C15H22ClN3O2. The first kappa shape index (κ1) is 15.9. The highest BCUT2D eigenvalue weighted by molar-refractivity contribution is 6.33. The molecule has 6 heteroatoms. The lowest BCUT2D eigenvalue weighted by Crippen LogP contribution is -2.67. The van der Waals surface area contributed by atoms with Crippen molar-refractivity contribution in [2.75, 3.05) is 24.5 Å². The van der Waals surface area contributed by atoms with Crippen LogP contribution < -0.4 is 4.90 Å². The molecule has 0 radical (unpaired) electrons. The molecule has 1 aliphatic rings. The van der Waals surface area contributed by atoms with Crippen molar-refractivity contribution >= 4 is 23.4 Å². The van der Waals surface area contributed by atoms with Crippen LogP contribution in [0.5, 0.6) is 0 Å². The van der Waals surface area contributed by atoms with Gasteiger partial charge >= 0.3 is 6.09 Å². The van der Waals surface area contributed by atoms with Crippen molar-refractivity contribution in [2.24, 2.45) is 5.41 Å². The fourth-order valence-electron chi connectivity index (χ4n) is 2.76. The Labute approximate surface area is 130 Å². The van der Waals surface area contributed by atoms with Gasteiger partial charge in [0.15, 0.2) is 0 Å². The molecular weight excluding hydrogens is 290 g/mol. The minimum atomic E-state index is -0.871. The van der Waals surface area contributed by atoms with E-state index in [4.69, 9.17) is 11.6 Å². The summed E-state index contributed by atoms with van der Waals surface area (Å²) in [7, 11) is 0. The minimum Gasteiger partial charge on any atom is -0.465 e. The van der Waals surface area contributed by atoms with Gasteiger partial charge in [0.05, 0.1) is 22.4 Å². The molecule has 0 aromatic carbocycles. The Kier molecular flexibility index (Phi) is 4.06. The number of hydrogen-bond donors (Lipinski definition) is 1. The molecule has 1 fully saturated rings. The summed E-state index contributed by atoms with van der Waals surface area (Å²) in [5.41, 5.74) is 0.161. The van der Waals surface area contributed by atoms with Crippen molar-refractivity contribution in [1.82, 2.24) is 9.88 Å². The minimum absolute atomic E-state index is 0.196. The summed E-state index contributed by atoms with van der Waals surface area (Å²) < 4.78 is 0. The second-order valence-electron chi connectivity index (χ2n) is 6.71. The van der Waals surface area contributed by atoms with Crippen LogP contribution >= 0.6 is 11.6 Å². The zero-order valence-corrected chi connectivity index (χ0v) is 13.7. The van der Waals surface area contributed by atoms with Crippen LogP contribution in [-0.2, 0) is 0 Å². The molecule has 1 atom stereocenters. The SMILES string of the molecule is CC(C)(C)C1(C)CN(c2cnccc2Cl)CCN1C(=O)O. The van der Waals surface area contributed by atoms with Gasteiger partial charge in [-0.1, -0.05) is 32.4 Å². The number of carbonyl (C=O) groups is 1. The Bertz CT molecular complexity index is 544. The molecule has 0 bridgehead atoms. The van der Waals surface area contributed by atoms with Gasteiger partial charge in [-0.3, -0.25) is 9.88 Å². The Balaban J connectivity index is 2.37. The van der Waals surface area contributed by atoms with E-state index in [0.717, 1.165) is 5.69 Å². The van der Waals surface area contributed by atoms with Crippen LogP contribution in [0.4, 0.5) is 10.5 Å². The average molecular weight is 312 g/mol. The first-order valence-corrected chi connectivity index (χ1v) is 7.39. The van der Waals surface area contributed by atoms with Gasteiger partial charge in [-0.2, -0.15) is 0 Å². The van der Waals surface area contributed by atoms with Crippen molar-refractivity contribution in [3.8, 4) is 0 Å². The van der Waals surface area contributed by atoms with Gasteiger partial charge in [0.25, 0.3) is 0 Å². The number of piperazine rings is 1. The third kappa shape index (κ3) is 2.79. The zero-order chi connectivity index (χ0) is 15.8. The first-order chi connectivity index (χ1) is 9.67. The van der Waals surface area contributed by atoms with Gasteiger partial charge in [0.1, 0.15) is 0 Å². The normalized spacial score (nSPS) is 23.3. The van der Waals surface area contributed by atoms with E-state index in [1.165, 1.54) is 0 Å². The number of pyridine rings is 1. The summed E-state index contributed by atoms with van der Waals surface area (Å²) in [6, 6.07) is 1.76. The van der Waals surface area contributed by atoms with Crippen molar-refractivity contribution < 1.29 is 9.90 Å². The first-order valence-electron chi connectivity index (χ1n) is 7.02. The molecule has 1 amide bonds. The van der Waals surface area contributed by atoms with Gasteiger partial charge in [-0.15, -0.1) is 0 Å². The van der Waals surface area contributed by atoms with E-state index in [2.05, 4.69) is 30.7 Å². The van der Waals surface area contributed by atoms with E-state index in [-0.39, 0.29) is 5.41 Å². The Morgan fingerprint density at radius 3 is 2.62 bits per heavy atom. The molecule has 1 aromatic rings. The van der Waals surface area contributed by atoms with E-state index in [0.29, 0.717) is 24.7 Å². The molecule has 1 N–H and O–H groups in total. The van der Waals surface area contributed by atoms with Crippen LogP contribution in [0.15, 0.2) is 18.5 Å². The maximum Gasteiger partial charge on any atom is 0.407 e. The van der Waals surface area contributed by atoms with Gasteiger partial charge in [-0.05, 0) is 18.4 Å². The van der Waals surface area contributed by atoms with Crippen LogP contribution in [0.2, 0.25) is 5.02 Å². The third-order valence-corrected chi connectivity index (χ3v) is 4.94. The molecule has 1 unspecified atom stereocenters. The molecule has 0 aliphatic carbocycles. The maximum absolute atomic E-state index is 11.6. The molecule has 21 heavy (non-hydrogen) atoms. The number of nitrogens with zero attached hydrogens (tertiary/aromatic N) is 3. The number of aromatic nitrogens is 1. The molecule has 1 aliphatic heterocycles.